The molecule has 5 unspecified atom stereocenters. The van der Waals surface area contributed by atoms with Crippen molar-refractivity contribution in [2.24, 2.45) is 0 Å². The van der Waals surface area contributed by atoms with E-state index in [1.165, 1.54) is 0 Å². The number of aliphatic hydroxyl groups is 5. The Hall–Kier alpha value is -3.78. The summed E-state index contributed by atoms with van der Waals surface area (Å²) in [5.41, 5.74) is -8.66. The summed E-state index contributed by atoms with van der Waals surface area (Å²) in [4.78, 5) is 0. The van der Waals surface area contributed by atoms with E-state index in [-0.39, 0.29) is 59.9 Å². The van der Waals surface area contributed by atoms with Crippen molar-refractivity contribution in [3.8, 4) is 5.75 Å². The van der Waals surface area contributed by atoms with Gasteiger partial charge in [-0.05, 0) is 30.4 Å². The molecule has 0 aromatic heterocycles. The van der Waals surface area contributed by atoms with Crippen molar-refractivity contribution in [3.05, 3.63) is 149 Å². The topological polar surface area (TPSA) is 121 Å². The van der Waals surface area contributed by atoms with Gasteiger partial charge in [-0.15, -0.1) is 0 Å². The fourth-order valence-corrected chi connectivity index (χ4v) is 6.85. The minimum absolute atomic E-state index is 0.0222. The van der Waals surface area contributed by atoms with Gasteiger partial charge in [0.05, 0.1) is 0 Å². The molecule has 6 heteroatoms. The van der Waals surface area contributed by atoms with Crippen LogP contribution < -0.4 is 0 Å². The molecule has 5 atom stereocenters. The van der Waals surface area contributed by atoms with Crippen LogP contribution in [0.1, 0.15) is 59.9 Å². The molecule has 0 aliphatic heterocycles. The first-order valence-corrected chi connectivity index (χ1v) is 14.3. The summed E-state index contributed by atoms with van der Waals surface area (Å²) in [6.45, 7) is 0. The zero-order valence-corrected chi connectivity index (χ0v) is 23.3. The van der Waals surface area contributed by atoms with Gasteiger partial charge in [0.2, 0.25) is 0 Å². The zero-order chi connectivity index (χ0) is 29.6. The number of hydrogen-bond donors (Lipinski definition) is 6. The lowest BCUT2D eigenvalue weighted by Gasteiger charge is -2.46. The van der Waals surface area contributed by atoms with E-state index >= 15 is 0 Å². The lowest BCUT2D eigenvalue weighted by molar-refractivity contribution is 0.0334. The highest BCUT2D eigenvalue weighted by Gasteiger charge is 2.52. The highest BCUT2D eigenvalue weighted by molar-refractivity contribution is 5.69. The molecule has 6 rings (SSSR count). The number of phenols is 1. The van der Waals surface area contributed by atoms with Crippen LogP contribution >= 0.6 is 0 Å². The fourth-order valence-electron chi connectivity index (χ4n) is 6.85. The molecule has 6 N–H and O–H groups in total. The first-order valence-electron chi connectivity index (χ1n) is 14.3. The van der Waals surface area contributed by atoms with Crippen LogP contribution in [0, 0.1) is 0 Å². The van der Waals surface area contributed by atoms with Gasteiger partial charge in [-0.2, -0.15) is 0 Å². The predicted molar refractivity (Wildman–Crippen MR) is 162 cm³/mol. The van der Waals surface area contributed by atoms with E-state index in [0.29, 0.717) is 0 Å². The number of benzene rings is 1. The van der Waals surface area contributed by atoms with Gasteiger partial charge in [-0.3, -0.25) is 0 Å². The Bertz CT molecular complexity index is 1500. The Labute approximate surface area is 245 Å². The van der Waals surface area contributed by atoms with Crippen LogP contribution in [-0.2, 0) is 28.0 Å². The molecule has 216 valence electrons. The molecule has 0 spiro atoms. The first kappa shape index (κ1) is 28.3. The van der Waals surface area contributed by atoms with Crippen molar-refractivity contribution in [1.82, 2.24) is 0 Å². The van der Waals surface area contributed by atoms with Crippen LogP contribution in [0.4, 0.5) is 0 Å². The molecule has 5 aliphatic rings. The lowest BCUT2D eigenvalue weighted by Crippen LogP contribution is -2.43. The Morgan fingerprint density at radius 3 is 0.762 bits per heavy atom. The summed E-state index contributed by atoms with van der Waals surface area (Å²) in [5, 5.41) is 74.4. The zero-order valence-electron chi connectivity index (χ0n) is 23.3. The van der Waals surface area contributed by atoms with Crippen molar-refractivity contribution >= 4 is 0 Å². The van der Waals surface area contributed by atoms with Crippen molar-refractivity contribution in [2.45, 2.75) is 60.1 Å². The van der Waals surface area contributed by atoms with Gasteiger partial charge in [0.1, 0.15) is 33.8 Å². The molecule has 6 nitrogen and oxygen atoms in total. The third kappa shape index (κ3) is 4.47. The smallest absolute Gasteiger partial charge is 0.129 e. The van der Waals surface area contributed by atoms with Crippen molar-refractivity contribution in [1.29, 1.82) is 0 Å². The first-order chi connectivity index (χ1) is 20.1. The number of phenolic OH excluding ortho intramolecular Hbond substituents is 1. The second kappa shape index (κ2) is 10.2. The monoisotopic (exact) mass is 564 g/mol. The summed E-state index contributed by atoms with van der Waals surface area (Å²) in [5.74, 6) is -0.444. The number of aromatic hydroxyl groups is 1. The summed E-state index contributed by atoms with van der Waals surface area (Å²) in [6, 6.07) is 0. The van der Waals surface area contributed by atoms with Crippen LogP contribution in [0.15, 0.2) is 122 Å². The molecule has 5 aliphatic carbocycles. The van der Waals surface area contributed by atoms with Gasteiger partial charge < -0.3 is 30.6 Å². The van der Waals surface area contributed by atoms with Gasteiger partial charge in [0, 0.05) is 59.9 Å². The van der Waals surface area contributed by atoms with Gasteiger partial charge in [-0.25, -0.2) is 0 Å². The van der Waals surface area contributed by atoms with E-state index in [4.69, 9.17) is 0 Å². The van der Waals surface area contributed by atoms with E-state index < -0.39 is 33.8 Å². The van der Waals surface area contributed by atoms with Crippen LogP contribution in [0.2, 0.25) is 0 Å². The average molecular weight is 565 g/mol. The second-order valence-electron chi connectivity index (χ2n) is 11.8. The summed E-state index contributed by atoms with van der Waals surface area (Å²) >= 11 is 0. The predicted octanol–water partition coefficient (Wildman–Crippen LogP) is 4.91. The van der Waals surface area contributed by atoms with E-state index in [1.807, 2.05) is 0 Å². The minimum atomic E-state index is -1.80. The highest BCUT2D eigenvalue weighted by atomic mass is 16.3. The third-order valence-electron chi connectivity index (χ3n) is 8.88. The van der Waals surface area contributed by atoms with Crippen molar-refractivity contribution in [2.75, 3.05) is 0 Å². The maximum atomic E-state index is 12.5. The Morgan fingerprint density at radius 2 is 0.548 bits per heavy atom. The van der Waals surface area contributed by atoms with E-state index in [1.54, 1.807) is 122 Å². The third-order valence-corrected chi connectivity index (χ3v) is 8.88. The summed E-state index contributed by atoms with van der Waals surface area (Å²) in [7, 11) is 0. The molecule has 0 bridgehead atoms. The van der Waals surface area contributed by atoms with Crippen LogP contribution in [-0.4, -0.2) is 30.6 Å². The molecular formula is C36H36O6. The highest BCUT2D eigenvalue weighted by Crippen LogP contribution is 2.57. The molecular weight excluding hydrogens is 528 g/mol. The normalized spacial score (nSPS) is 36.3. The van der Waals surface area contributed by atoms with Crippen molar-refractivity contribution < 1.29 is 30.6 Å². The molecule has 42 heavy (non-hydrogen) atoms. The van der Waals surface area contributed by atoms with E-state index in [0.717, 1.165) is 0 Å². The standard InChI is InChI=1S/C36H36O6/c37-31-29(35(41)22-12-4-13-23-35)27(33(39)18-8-2-9-19-33)26(32(38)16-6-1-7-17-32)28(34(40)20-10-3-11-21-34)30(31)36(42)24-14-5-15-25-36/h1-16,18,20,22,24,37-42H,17,19,21,23,25H2. The largest absolute Gasteiger partial charge is 0.507 e. The number of rotatable bonds is 5. The van der Waals surface area contributed by atoms with Gasteiger partial charge >= 0.3 is 0 Å². The maximum absolute atomic E-state index is 12.5. The molecule has 0 heterocycles. The lowest BCUT2D eigenvalue weighted by atomic mass is 9.63. The maximum Gasteiger partial charge on any atom is 0.129 e. The van der Waals surface area contributed by atoms with Crippen molar-refractivity contribution in [3.63, 3.8) is 0 Å². The second-order valence-corrected chi connectivity index (χ2v) is 11.8. The Kier molecular flexibility index (Phi) is 6.88. The van der Waals surface area contributed by atoms with Gasteiger partial charge in [0.15, 0.2) is 0 Å². The molecule has 0 fully saturated rings. The molecule has 1 aromatic rings. The van der Waals surface area contributed by atoms with E-state index in [2.05, 4.69) is 0 Å². The number of hydrogen-bond acceptors (Lipinski definition) is 6. The summed E-state index contributed by atoms with van der Waals surface area (Å²) in [6.07, 6.45) is 34.5. The fraction of sp³-hybridized carbons (Fsp3) is 0.278. The molecule has 0 saturated carbocycles. The number of allylic oxidation sites excluding steroid dienone is 10. The SMILES string of the molecule is Oc1c(C2(O)C=CC=CC2)c(C2(O)C=CC=CC2)c(C2(O)C=CC=CC2)c(C2(O)C=CC=CC2)c1C1(O)C=CC=CC1. The Balaban J connectivity index is 1.86. The quantitative estimate of drug-likeness (QED) is 0.302. The van der Waals surface area contributed by atoms with Crippen LogP contribution in [0.3, 0.4) is 0 Å². The van der Waals surface area contributed by atoms with Gasteiger partial charge in [0.25, 0.3) is 0 Å². The molecule has 0 radical (unpaired) electrons. The minimum Gasteiger partial charge on any atom is -0.507 e. The molecule has 1 aromatic carbocycles. The average Bonchev–Trinajstić information content (AvgIpc) is 2.98. The van der Waals surface area contributed by atoms with Crippen LogP contribution in [0.5, 0.6) is 5.75 Å². The van der Waals surface area contributed by atoms with Crippen LogP contribution in [0.25, 0.3) is 0 Å². The molecule has 0 amide bonds. The molecule has 0 saturated heterocycles. The van der Waals surface area contributed by atoms with E-state index in [9.17, 15) is 30.6 Å². The Morgan fingerprint density at radius 1 is 0.333 bits per heavy atom. The summed E-state index contributed by atoms with van der Waals surface area (Å²) < 4.78 is 0. The van der Waals surface area contributed by atoms with Gasteiger partial charge in [-0.1, -0.05) is 91.1 Å².